The Balaban J connectivity index is 1.81. The third-order valence-electron chi connectivity index (χ3n) is 3.19. The topological polar surface area (TPSA) is 53.6 Å². The smallest absolute Gasteiger partial charge is 0.248 e. The summed E-state index contributed by atoms with van der Waals surface area (Å²) in [5, 5.41) is 6.87. The average Bonchev–Trinajstić information content (AvgIpc) is 2.27. The van der Waals surface area contributed by atoms with Crippen molar-refractivity contribution < 1.29 is 9.53 Å². The predicted octanol–water partition coefficient (Wildman–Crippen LogP) is -0.816. The summed E-state index contributed by atoms with van der Waals surface area (Å²) < 4.78 is 5.30. The van der Waals surface area contributed by atoms with E-state index in [0.29, 0.717) is 18.6 Å². The van der Waals surface area contributed by atoms with Crippen molar-refractivity contribution in [3.05, 3.63) is 0 Å². The maximum Gasteiger partial charge on any atom is 0.248 e. The number of piperazine rings is 1. The van der Waals surface area contributed by atoms with Crippen LogP contribution in [0.15, 0.2) is 0 Å². The van der Waals surface area contributed by atoms with Crippen molar-refractivity contribution in [3.8, 4) is 0 Å². The van der Waals surface area contributed by atoms with Gasteiger partial charge in [-0.05, 0) is 13.8 Å². The molecule has 2 aliphatic heterocycles. The van der Waals surface area contributed by atoms with Crippen LogP contribution in [0.4, 0.5) is 0 Å². The van der Waals surface area contributed by atoms with Crippen molar-refractivity contribution in [3.63, 3.8) is 0 Å². The number of nitrogens with zero attached hydrogens (tertiary/aromatic N) is 1. The van der Waals surface area contributed by atoms with Crippen molar-refractivity contribution in [2.45, 2.75) is 32.0 Å². The van der Waals surface area contributed by atoms with Gasteiger partial charge in [-0.15, -0.1) is 0 Å². The lowest BCUT2D eigenvalue weighted by Gasteiger charge is -2.36. The fraction of sp³-hybridized carbons (Fsp3) is 0.909. The van der Waals surface area contributed by atoms with Gasteiger partial charge in [0.2, 0.25) is 5.91 Å². The van der Waals surface area contributed by atoms with Crippen molar-refractivity contribution in [2.75, 3.05) is 32.8 Å². The summed E-state index contributed by atoms with van der Waals surface area (Å²) in [5.74, 6) is 0.110. The molecule has 0 bridgehead atoms. The molecule has 5 heteroatoms. The highest BCUT2D eigenvalue weighted by Gasteiger charge is 2.27. The Morgan fingerprint density at radius 3 is 2.88 bits per heavy atom. The zero-order valence-electron chi connectivity index (χ0n) is 10.0. The number of amides is 1. The van der Waals surface area contributed by atoms with Gasteiger partial charge < -0.3 is 20.3 Å². The molecule has 0 unspecified atom stereocenters. The Labute approximate surface area is 96.5 Å². The molecule has 2 saturated heterocycles. The van der Waals surface area contributed by atoms with Crippen LogP contribution in [0.5, 0.6) is 0 Å². The van der Waals surface area contributed by atoms with E-state index >= 15 is 0 Å². The molecule has 2 aliphatic rings. The molecule has 2 rings (SSSR count). The molecule has 0 aromatic rings. The first kappa shape index (κ1) is 11.8. The normalized spacial score (nSPS) is 36.5. The van der Waals surface area contributed by atoms with E-state index in [2.05, 4.69) is 17.6 Å². The van der Waals surface area contributed by atoms with Gasteiger partial charge in [0.1, 0.15) is 6.61 Å². The standard InChI is InChI=1S/C11H21N3O2/c1-8-3-13-10(4-12-8)6-14-5-9(2)16-7-11(14)15/h8-10,12-13H,3-7H2,1-2H3/t8-,9-,10+/m1/s1. The van der Waals surface area contributed by atoms with Gasteiger partial charge in [-0.2, -0.15) is 0 Å². The highest BCUT2D eigenvalue weighted by Crippen LogP contribution is 2.07. The summed E-state index contributed by atoms with van der Waals surface area (Å²) >= 11 is 0. The third kappa shape index (κ3) is 2.93. The van der Waals surface area contributed by atoms with Crippen LogP contribution in [0, 0.1) is 0 Å². The molecule has 0 aliphatic carbocycles. The lowest BCUT2D eigenvalue weighted by atomic mass is 10.1. The molecule has 2 N–H and O–H groups in total. The molecule has 3 atom stereocenters. The molecular formula is C11H21N3O2. The minimum Gasteiger partial charge on any atom is -0.367 e. The van der Waals surface area contributed by atoms with Crippen LogP contribution in [0.3, 0.4) is 0 Å². The van der Waals surface area contributed by atoms with Crippen LogP contribution in [0.25, 0.3) is 0 Å². The van der Waals surface area contributed by atoms with Crippen LogP contribution in [0.2, 0.25) is 0 Å². The minimum absolute atomic E-state index is 0.110. The van der Waals surface area contributed by atoms with Gasteiger partial charge in [-0.3, -0.25) is 4.79 Å². The van der Waals surface area contributed by atoms with Gasteiger partial charge in [0.15, 0.2) is 0 Å². The number of morpholine rings is 1. The summed E-state index contributed by atoms with van der Waals surface area (Å²) in [6.45, 7) is 7.80. The molecule has 0 aromatic carbocycles. The summed E-state index contributed by atoms with van der Waals surface area (Å²) in [5.41, 5.74) is 0. The van der Waals surface area contributed by atoms with Crippen LogP contribution in [0.1, 0.15) is 13.8 Å². The largest absolute Gasteiger partial charge is 0.367 e. The molecule has 5 nitrogen and oxygen atoms in total. The Hall–Kier alpha value is -0.650. The molecular weight excluding hydrogens is 206 g/mol. The van der Waals surface area contributed by atoms with Crippen molar-refractivity contribution in [2.24, 2.45) is 0 Å². The lowest BCUT2D eigenvalue weighted by molar-refractivity contribution is -0.148. The van der Waals surface area contributed by atoms with E-state index in [1.165, 1.54) is 0 Å². The van der Waals surface area contributed by atoms with Gasteiger partial charge in [-0.25, -0.2) is 0 Å². The molecule has 2 heterocycles. The number of carbonyl (C=O) groups excluding carboxylic acids is 1. The Kier molecular flexibility index (Phi) is 3.78. The molecule has 0 aromatic heterocycles. The Bertz CT molecular complexity index is 252. The molecule has 0 radical (unpaired) electrons. The first-order chi connectivity index (χ1) is 7.65. The predicted molar refractivity (Wildman–Crippen MR) is 61.2 cm³/mol. The highest BCUT2D eigenvalue weighted by molar-refractivity contribution is 5.78. The summed E-state index contributed by atoms with van der Waals surface area (Å²) in [6, 6.07) is 0.890. The number of nitrogens with one attached hydrogen (secondary N) is 2. The van der Waals surface area contributed by atoms with E-state index < -0.39 is 0 Å². The van der Waals surface area contributed by atoms with Gasteiger partial charge in [0.05, 0.1) is 6.10 Å². The SMILES string of the molecule is C[C@@H]1CN[C@H](CN2C[C@@H](C)OCC2=O)CN1. The number of hydrogen-bond donors (Lipinski definition) is 2. The quantitative estimate of drug-likeness (QED) is 0.647. The van der Waals surface area contributed by atoms with Gasteiger partial charge in [-0.1, -0.05) is 0 Å². The molecule has 0 saturated carbocycles. The second-order valence-electron chi connectivity index (χ2n) is 4.83. The molecule has 92 valence electrons. The Morgan fingerprint density at radius 2 is 2.19 bits per heavy atom. The second-order valence-corrected chi connectivity index (χ2v) is 4.83. The van der Waals surface area contributed by atoms with E-state index in [1.54, 1.807) is 0 Å². The second kappa shape index (κ2) is 5.12. The van der Waals surface area contributed by atoms with Crippen LogP contribution < -0.4 is 10.6 Å². The van der Waals surface area contributed by atoms with Crippen LogP contribution in [-0.2, 0) is 9.53 Å². The number of hydrogen-bond acceptors (Lipinski definition) is 4. The fourth-order valence-corrected chi connectivity index (χ4v) is 2.17. The van der Waals surface area contributed by atoms with Gasteiger partial charge >= 0.3 is 0 Å². The molecule has 2 fully saturated rings. The first-order valence-electron chi connectivity index (χ1n) is 6.01. The minimum atomic E-state index is 0.110. The van der Waals surface area contributed by atoms with Gasteiger partial charge in [0, 0.05) is 38.3 Å². The van der Waals surface area contributed by atoms with Crippen molar-refractivity contribution in [1.29, 1.82) is 0 Å². The summed E-state index contributed by atoms with van der Waals surface area (Å²) in [4.78, 5) is 13.5. The molecule has 1 amide bonds. The number of ether oxygens (including phenoxy) is 1. The maximum atomic E-state index is 11.6. The third-order valence-corrected chi connectivity index (χ3v) is 3.19. The van der Waals surface area contributed by atoms with E-state index in [-0.39, 0.29) is 18.6 Å². The zero-order valence-corrected chi connectivity index (χ0v) is 10.0. The molecule has 0 spiro atoms. The van der Waals surface area contributed by atoms with E-state index in [9.17, 15) is 4.79 Å². The summed E-state index contributed by atoms with van der Waals surface area (Å²) in [6.07, 6.45) is 0.160. The van der Waals surface area contributed by atoms with Crippen molar-refractivity contribution >= 4 is 5.91 Å². The lowest BCUT2D eigenvalue weighted by Crippen LogP contribution is -2.59. The van der Waals surface area contributed by atoms with E-state index in [1.807, 2.05) is 11.8 Å². The van der Waals surface area contributed by atoms with Crippen LogP contribution in [-0.4, -0.2) is 61.8 Å². The Morgan fingerprint density at radius 1 is 1.38 bits per heavy atom. The fourth-order valence-electron chi connectivity index (χ4n) is 2.17. The zero-order chi connectivity index (χ0) is 11.5. The maximum absolute atomic E-state index is 11.6. The summed E-state index contributed by atoms with van der Waals surface area (Å²) in [7, 11) is 0. The highest BCUT2D eigenvalue weighted by atomic mass is 16.5. The first-order valence-corrected chi connectivity index (χ1v) is 6.01. The van der Waals surface area contributed by atoms with E-state index in [4.69, 9.17) is 4.74 Å². The van der Waals surface area contributed by atoms with E-state index in [0.717, 1.165) is 19.6 Å². The van der Waals surface area contributed by atoms with Crippen molar-refractivity contribution in [1.82, 2.24) is 15.5 Å². The monoisotopic (exact) mass is 227 g/mol. The number of rotatable bonds is 2. The average molecular weight is 227 g/mol. The van der Waals surface area contributed by atoms with Gasteiger partial charge in [0.25, 0.3) is 0 Å². The number of carbonyl (C=O) groups is 1. The van der Waals surface area contributed by atoms with Crippen LogP contribution >= 0.6 is 0 Å². The molecule has 16 heavy (non-hydrogen) atoms.